The molecular formula is C67H72N3NaO9S. The van der Waals surface area contributed by atoms with Gasteiger partial charge in [-0.3, -0.25) is 0 Å². The summed E-state index contributed by atoms with van der Waals surface area (Å²) in [4.78, 5) is 5.15. The summed E-state index contributed by atoms with van der Waals surface area (Å²) in [5.41, 5.74) is 18.2. The number of aliphatic imine (C=N–C) groups is 1. The topological polar surface area (TPSA) is 221 Å². The zero-order valence-electron chi connectivity index (χ0n) is 46.3. The number of nitrogens with two attached hydrogens (primary N) is 2. The molecule has 5 aliphatic heterocycles. The van der Waals surface area contributed by atoms with Crippen LogP contribution in [0.3, 0.4) is 0 Å². The maximum absolute atomic E-state index is 14.3. The molecule has 13 atom stereocenters. The number of aliphatic hydroxyl groups is 2. The number of hydrogen-bond donors (Lipinski definition) is 6. The molecule has 1 saturated heterocycles. The summed E-state index contributed by atoms with van der Waals surface area (Å²) in [6.45, 7) is 2.06. The average molecular weight is 1120 g/mol. The molecule has 0 unspecified atom stereocenters. The second kappa shape index (κ2) is 23.2. The number of benzene rings is 6. The zero-order valence-corrected chi connectivity index (χ0v) is 49.1. The molecule has 6 aromatic rings. The van der Waals surface area contributed by atoms with E-state index in [-0.39, 0.29) is 102 Å². The normalized spacial score (nSPS) is 30.0. The van der Waals surface area contributed by atoms with Gasteiger partial charge in [-0.25, -0.2) is 13.4 Å². The number of phenols is 2. The van der Waals surface area contributed by atoms with Gasteiger partial charge in [0.25, 0.3) is 0 Å². The first-order valence-electron chi connectivity index (χ1n) is 28.8. The number of aryl methyl sites for hydroxylation is 1. The molecule has 0 spiro atoms. The SMILES string of the molecule is C[C@@H]1CCc2cc3ccc2[C@H]1C[C@@H](S(=O)(=O)[O-])[C@H]1C=C2C[C@H](C[C@H]4C[C@@H](CO)CC#Cc5cc(O)ccc5[C@@H]2O4)[C@@H]1c1ccc(cc1)[C@](C[C@H](Cc1ccccc1)[C@@]1(O)CCC[C@H](c2ccc4ccc(O)cc4c2)C1)(N=C(N)N)O3.[Na+]. The molecule has 1 saturated carbocycles. The van der Waals surface area contributed by atoms with Crippen LogP contribution >= 0.6 is 0 Å². The van der Waals surface area contributed by atoms with Crippen LogP contribution in [0.25, 0.3) is 10.8 Å². The molecule has 8 N–H and O–H groups in total. The van der Waals surface area contributed by atoms with Crippen LogP contribution in [-0.4, -0.2) is 62.9 Å². The number of phenolic OH excluding ortho intramolecular Hbond substituents is 2. The average Bonchev–Trinajstić information content (AvgIpc) is 3.66. The van der Waals surface area contributed by atoms with Gasteiger partial charge in [0.2, 0.25) is 5.72 Å². The van der Waals surface area contributed by atoms with Crippen LogP contribution in [0, 0.1) is 41.4 Å². The van der Waals surface area contributed by atoms with E-state index in [0.717, 1.165) is 69.0 Å². The van der Waals surface area contributed by atoms with Gasteiger partial charge in [0, 0.05) is 36.1 Å². The van der Waals surface area contributed by atoms with Crippen molar-refractivity contribution >= 4 is 26.9 Å². The summed E-state index contributed by atoms with van der Waals surface area (Å²) >= 11 is 0. The van der Waals surface area contributed by atoms with Crippen LogP contribution in [0.15, 0.2) is 144 Å². The first kappa shape index (κ1) is 57.2. The summed E-state index contributed by atoms with van der Waals surface area (Å²) in [7, 11) is -4.95. The van der Waals surface area contributed by atoms with Crippen LogP contribution in [-0.2, 0) is 33.4 Å². The molecule has 2 fully saturated rings. The van der Waals surface area contributed by atoms with Crippen LogP contribution in [0.2, 0.25) is 0 Å². The predicted molar refractivity (Wildman–Crippen MR) is 309 cm³/mol. The Balaban J connectivity index is 0.00000690. The van der Waals surface area contributed by atoms with Crippen molar-refractivity contribution in [2.24, 2.45) is 46.0 Å². The molecule has 416 valence electrons. The standard InChI is InChI=1S/C67H73N3O9S.Na/c1-40-12-13-47-33-56-23-25-58(47)60(40)36-62(80(75,76)77)61-35-51-30-50(34-57-28-42(39-71)9-5-10-46-31-55(73)22-24-59(46)64(51)78-57)63(61)44-16-19-52(20-17-44)67(79-56,70-65(68)69)38-53(27-41-7-3-2-4-8-41)66(74)26-6-11-48(37-66)45-15-14-43-18-21-54(72)32-49(43)29-45;/h2-4,7-8,14-25,29,31-33,35,40,42,48,50,53,57,60-64,71-74H,6,9,11-13,26-28,30,34,36-39H2,1H3,(H4,68,69,70)(H,75,76,77);/q;+1/p-1/t40-,42+,48+,50-,53+,57-,60+,61-,62-,63+,64-,66-,67-;/m1./s1. The maximum Gasteiger partial charge on any atom is 1.00 e. The zero-order chi connectivity index (χ0) is 55.5. The van der Waals surface area contributed by atoms with Gasteiger partial charge in [0.1, 0.15) is 23.4 Å². The summed E-state index contributed by atoms with van der Waals surface area (Å²) in [6, 6.07) is 41.0. The Bertz CT molecular complexity index is 3540. The van der Waals surface area contributed by atoms with Crippen molar-refractivity contribution in [3.63, 3.8) is 0 Å². The first-order chi connectivity index (χ1) is 38.5. The molecule has 0 radical (unpaired) electrons. The number of ether oxygens (including phenoxy) is 2. The predicted octanol–water partition coefficient (Wildman–Crippen LogP) is 8.01. The van der Waals surface area contributed by atoms with E-state index in [4.69, 9.17) is 25.9 Å². The van der Waals surface area contributed by atoms with E-state index in [1.807, 2.05) is 78.9 Å². The smallest absolute Gasteiger partial charge is 0.748 e. The molecule has 0 amide bonds. The fourth-order valence-electron chi connectivity index (χ4n) is 15.3. The van der Waals surface area contributed by atoms with Crippen molar-refractivity contribution in [1.82, 2.24) is 0 Å². The van der Waals surface area contributed by atoms with Crippen LogP contribution in [0.5, 0.6) is 17.2 Å². The molecule has 6 aromatic carbocycles. The van der Waals surface area contributed by atoms with Crippen molar-refractivity contribution in [3.05, 3.63) is 184 Å². The summed E-state index contributed by atoms with van der Waals surface area (Å²) < 4.78 is 57.6. The molecule has 3 aliphatic carbocycles. The van der Waals surface area contributed by atoms with Gasteiger partial charge in [-0.2, -0.15) is 0 Å². The second-order valence-corrected chi connectivity index (χ2v) is 25.9. The van der Waals surface area contributed by atoms with Crippen molar-refractivity contribution in [1.29, 1.82) is 0 Å². The van der Waals surface area contributed by atoms with Gasteiger partial charge < -0.3 is 45.9 Å². The fourth-order valence-corrected chi connectivity index (χ4v) is 16.4. The number of allylic oxidation sites excluding steroid dienone is 1. The van der Waals surface area contributed by atoms with Gasteiger partial charge in [-0.15, -0.1) is 0 Å². The first-order valence-corrected chi connectivity index (χ1v) is 30.2. The molecule has 0 aromatic heterocycles. The molecule has 14 heteroatoms. The molecular weight excluding hydrogens is 1050 g/mol. The Labute approximate surface area is 498 Å². The van der Waals surface area contributed by atoms with E-state index in [1.54, 1.807) is 24.3 Å². The number of aliphatic hydroxyl groups excluding tert-OH is 1. The van der Waals surface area contributed by atoms with Crippen molar-refractivity contribution < 1.29 is 72.4 Å². The van der Waals surface area contributed by atoms with Crippen molar-refractivity contribution in [2.45, 2.75) is 137 Å². The van der Waals surface area contributed by atoms with Crippen LogP contribution < -0.4 is 45.8 Å². The fraction of sp³-hybridized carbons (Fsp3) is 0.418. The number of fused-ring (bicyclic) bond motifs is 10. The van der Waals surface area contributed by atoms with E-state index < -0.39 is 50.6 Å². The molecule has 10 bridgehead atoms. The van der Waals surface area contributed by atoms with E-state index in [2.05, 4.69) is 49.1 Å². The number of guanidine groups is 1. The minimum atomic E-state index is -4.95. The van der Waals surface area contributed by atoms with Crippen molar-refractivity contribution in [3.8, 4) is 29.1 Å². The Morgan fingerprint density at radius 2 is 1.62 bits per heavy atom. The van der Waals surface area contributed by atoms with Crippen LogP contribution in [0.4, 0.5) is 0 Å². The monoisotopic (exact) mass is 1120 g/mol. The number of hydrogen-bond acceptors (Lipinski definition) is 10. The molecule has 5 heterocycles. The summed E-state index contributed by atoms with van der Waals surface area (Å²) in [5, 5.41) is 46.0. The minimum absolute atomic E-state index is 0. The summed E-state index contributed by atoms with van der Waals surface area (Å²) in [6.07, 6.45) is 8.04. The third kappa shape index (κ3) is 11.7. The van der Waals surface area contributed by atoms with Gasteiger partial charge in [0.15, 0.2) is 5.96 Å². The molecule has 81 heavy (non-hydrogen) atoms. The Morgan fingerprint density at radius 3 is 2.40 bits per heavy atom. The molecule has 8 aliphatic rings. The second-order valence-electron chi connectivity index (χ2n) is 24.3. The van der Waals surface area contributed by atoms with E-state index in [9.17, 15) is 33.4 Å². The van der Waals surface area contributed by atoms with Gasteiger partial charge in [-0.05, 0) is 199 Å². The third-order valence-corrected chi connectivity index (χ3v) is 20.5. The van der Waals surface area contributed by atoms with Crippen LogP contribution in [0.1, 0.15) is 146 Å². The van der Waals surface area contributed by atoms with Gasteiger partial charge in [0.05, 0.1) is 27.1 Å². The third-order valence-electron chi connectivity index (χ3n) is 19.2. The molecule has 14 rings (SSSR count). The Hall–Kier alpha value is -5.66. The number of nitrogens with zero attached hydrogens (tertiary/aromatic N) is 1. The largest absolute Gasteiger partial charge is 1.00 e. The Kier molecular flexibility index (Phi) is 16.4. The van der Waals surface area contributed by atoms with E-state index in [1.165, 1.54) is 0 Å². The minimum Gasteiger partial charge on any atom is -0.748 e. The van der Waals surface area contributed by atoms with Gasteiger partial charge in [-0.1, -0.05) is 116 Å². The molecule has 12 nitrogen and oxygen atoms in total. The maximum atomic E-state index is 14.3. The van der Waals surface area contributed by atoms with Crippen molar-refractivity contribution in [2.75, 3.05) is 6.61 Å². The van der Waals surface area contributed by atoms with E-state index >= 15 is 0 Å². The quantitative estimate of drug-likeness (QED) is 0.0203. The number of rotatable bonds is 9. The Morgan fingerprint density at radius 1 is 0.864 bits per heavy atom. The van der Waals surface area contributed by atoms with Gasteiger partial charge >= 0.3 is 29.6 Å². The van der Waals surface area contributed by atoms with E-state index in [0.29, 0.717) is 68.2 Å². The summed E-state index contributed by atoms with van der Waals surface area (Å²) in [5.74, 6) is 4.89. The number of aromatic hydroxyl groups is 2.